The van der Waals surface area contributed by atoms with Crippen LogP contribution in [0.4, 0.5) is 0 Å². The van der Waals surface area contributed by atoms with E-state index in [0.717, 1.165) is 169 Å². The van der Waals surface area contributed by atoms with E-state index in [1.54, 1.807) is 0 Å². The molecule has 2 nitrogen and oxygen atoms in total. The summed E-state index contributed by atoms with van der Waals surface area (Å²) in [5.41, 5.74) is 9.56. The topological polar surface area (TPSA) is 26.3 Å². The molecule has 0 saturated carbocycles. The van der Waals surface area contributed by atoms with Crippen LogP contribution in [0.1, 0.15) is 16.4 Å². The van der Waals surface area contributed by atoms with E-state index < -0.39 is 36.3 Å². The number of fused-ring (bicyclic) bond motifs is 10. The van der Waals surface area contributed by atoms with Crippen molar-refractivity contribution >= 4 is 195 Å². The van der Waals surface area contributed by atoms with Crippen molar-refractivity contribution in [1.29, 1.82) is 0 Å². The summed E-state index contributed by atoms with van der Waals surface area (Å²) >= 11 is 0. The van der Waals surface area contributed by atoms with Gasteiger partial charge in [0.1, 0.15) is 22.3 Å². The second kappa shape index (κ2) is 22.6. The second-order valence-corrected chi connectivity index (χ2v) is 29.4. The summed E-state index contributed by atoms with van der Waals surface area (Å²) in [7, 11) is 0. The first-order valence-electron chi connectivity index (χ1n) is 43.2. The standard InChI is InChI=1S/2C54H30O/c2*1-2-10-42-31(5-1)20-28-49-54(42)47-30-39(21-27-48(47)55-49)41-23-19-38(40-22-15-36-13-11-32-6-3-8-34-17-25-44(40)52(36)50(32)34)29-46(41)43-24-16-37-14-12-33-7-4-9-35-18-26-45(43)53(37)51(33)35/h2*1-30H/i1D,2D,5D,10D,20D,21D,27D,28D,30D;19D,23D,29D. The molecule has 2 aromatic heterocycles. The molecule has 0 aliphatic heterocycles. The first-order valence-corrected chi connectivity index (χ1v) is 37.2. The highest BCUT2D eigenvalue weighted by atomic mass is 16.3. The Morgan fingerprint density at radius 2 is 0.564 bits per heavy atom. The molecule has 0 aliphatic rings. The lowest BCUT2D eigenvalue weighted by Crippen LogP contribution is -1.92. The van der Waals surface area contributed by atoms with Gasteiger partial charge in [-0.25, -0.2) is 0 Å². The van der Waals surface area contributed by atoms with Crippen molar-refractivity contribution in [2.75, 3.05) is 0 Å². The quantitative estimate of drug-likeness (QED) is 0.155. The first kappa shape index (κ1) is 49.4. The van der Waals surface area contributed by atoms with Crippen LogP contribution in [0.3, 0.4) is 0 Å². The van der Waals surface area contributed by atoms with Gasteiger partial charge in [-0.2, -0.15) is 0 Å². The smallest absolute Gasteiger partial charge is 0.136 e. The molecule has 2 heterocycles. The van der Waals surface area contributed by atoms with Crippen LogP contribution < -0.4 is 0 Å². The summed E-state index contributed by atoms with van der Waals surface area (Å²) in [6, 6.07) is 98.2. The maximum atomic E-state index is 10.4. The summed E-state index contributed by atoms with van der Waals surface area (Å²) in [5.74, 6) is 0. The van der Waals surface area contributed by atoms with E-state index in [1.807, 2.05) is 36.4 Å². The van der Waals surface area contributed by atoms with Gasteiger partial charge in [-0.05, 0) is 266 Å². The summed E-state index contributed by atoms with van der Waals surface area (Å²) < 4.78 is 124. The third kappa shape index (κ3) is 8.59. The molecule has 2 heteroatoms. The van der Waals surface area contributed by atoms with Crippen LogP contribution in [-0.4, -0.2) is 0 Å². The van der Waals surface area contributed by atoms with Crippen molar-refractivity contribution < 1.29 is 25.3 Å². The van der Waals surface area contributed by atoms with Crippen LogP contribution in [-0.2, 0) is 0 Å². The van der Waals surface area contributed by atoms with E-state index in [4.69, 9.17) is 17.1 Å². The van der Waals surface area contributed by atoms with Gasteiger partial charge in [-0.15, -0.1) is 0 Å². The maximum absolute atomic E-state index is 10.4. The van der Waals surface area contributed by atoms with Crippen LogP contribution in [0, 0.1) is 0 Å². The van der Waals surface area contributed by atoms with Crippen LogP contribution >= 0.6 is 0 Å². The Labute approximate surface area is 646 Å². The fourth-order valence-electron chi connectivity index (χ4n) is 18.8. The molecule has 110 heavy (non-hydrogen) atoms. The Bertz CT molecular complexity index is 9140. The maximum Gasteiger partial charge on any atom is 0.136 e. The lowest BCUT2D eigenvalue weighted by atomic mass is 9.84. The minimum Gasteiger partial charge on any atom is -0.456 e. The molecule has 0 atom stereocenters. The lowest BCUT2D eigenvalue weighted by molar-refractivity contribution is 0.669. The summed E-state index contributed by atoms with van der Waals surface area (Å²) in [6.45, 7) is 0. The molecule has 0 amide bonds. The molecule has 504 valence electrons. The highest BCUT2D eigenvalue weighted by Gasteiger charge is 2.24. The van der Waals surface area contributed by atoms with Crippen molar-refractivity contribution in [1.82, 2.24) is 0 Å². The van der Waals surface area contributed by atoms with Crippen LogP contribution in [0.25, 0.3) is 261 Å². The number of rotatable bonds is 6. The van der Waals surface area contributed by atoms with Crippen molar-refractivity contribution in [2.45, 2.75) is 0 Å². The van der Waals surface area contributed by atoms with Crippen molar-refractivity contribution in [3.05, 3.63) is 364 Å². The van der Waals surface area contributed by atoms with E-state index in [9.17, 15) is 8.22 Å². The van der Waals surface area contributed by atoms with Gasteiger partial charge in [0, 0.05) is 21.5 Å². The van der Waals surface area contributed by atoms with Gasteiger partial charge < -0.3 is 8.83 Å². The molecule has 0 fully saturated rings. The van der Waals surface area contributed by atoms with E-state index in [2.05, 4.69) is 255 Å². The van der Waals surface area contributed by atoms with Gasteiger partial charge in [0.25, 0.3) is 0 Å². The molecule has 26 rings (SSSR count). The molecule has 0 bridgehead atoms. The Hall–Kier alpha value is -14.4. The number of hydrogen-bond donors (Lipinski definition) is 0. The highest BCUT2D eigenvalue weighted by Crippen LogP contribution is 2.51. The molecule has 0 saturated heterocycles. The zero-order chi connectivity index (χ0) is 82.0. The fourth-order valence-corrected chi connectivity index (χ4v) is 18.8. The molecular formula is C108H60O2. The fraction of sp³-hybridized carbons (Fsp3) is 0. The van der Waals surface area contributed by atoms with E-state index in [1.165, 1.54) is 32.3 Å². The number of furan rings is 2. The Morgan fingerprint density at radius 3 is 1.15 bits per heavy atom. The van der Waals surface area contributed by atoms with Gasteiger partial charge in [0.05, 0.1) is 16.4 Å². The van der Waals surface area contributed by atoms with Crippen molar-refractivity contribution in [3.8, 4) is 66.8 Å². The summed E-state index contributed by atoms with van der Waals surface area (Å²) in [6.07, 6.45) is 0. The molecule has 0 unspecified atom stereocenters. The zero-order valence-corrected chi connectivity index (χ0v) is 58.5. The molecule has 0 spiro atoms. The molecule has 0 N–H and O–H groups in total. The second-order valence-electron chi connectivity index (χ2n) is 29.4. The number of hydrogen-bond acceptors (Lipinski definition) is 2. The van der Waals surface area contributed by atoms with E-state index in [0.29, 0.717) is 22.3 Å². The minimum atomic E-state index is -0.540. The Balaban J connectivity index is 0.000000135. The molecule has 0 radical (unpaired) electrons. The lowest BCUT2D eigenvalue weighted by Gasteiger charge is -2.19. The van der Waals surface area contributed by atoms with E-state index >= 15 is 0 Å². The molecular weight excluding hydrogens is 1330 g/mol. The van der Waals surface area contributed by atoms with Crippen molar-refractivity contribution in [3.63, 3.8) is 0 Å². The van der Waals surface area contributed by atoms with Crippen LogP contribution in [0.2, 0.25) is 0 Å². The SMILES string of the molecule is [2H]c1c(-c2ccc(-c3ccc4ccc5cccc6ccc3c4c56)cc2-c2ccc3ccc4cccc5ccc2c3c45)c([2H])c2c(oc3c([2H])c([2H])c4c([2H])c([2H])c([2H])c([2H])c4c32)c1[2H].[2H]c1c([2H])c(-c2ccc3oc4ccc5ccccc5c4c3c2)c(-c2ccc3ccc4cccc5ccc2c3c45)c([2H])c1-c1ccc2ccc3cccc4ccc1c2c34. The number of benzene rings is 24. The summed E-state index contributed by atoms with van der Waals surface area (Å²) in [5, 5.41) is 31.1. The monoisotopic (exact) mass is 1400 g/mol. The normalized spacial score (nSPS) is 13.9. The average molecular weight is 1400 g/mol. The first-order chi connectivity index (χ1) is 59.5. The summed E-state index contributed by atoms with van der Waals surface area (Å²) in [4.78, 5) is 0. The minimum absolute atomic E-state index is 0.0408. The molecule has 24 aromatic carbocycles. The zero-order valence-electron chi connectivity index (χ0n) is 70.5. The average Bonchev–Trinajstić information content (AvgIpc) is 1.41. The van der Waals surface area contributed by atoms with Gasteiger partial charge in [-0.1, -0.05) is 315 Å². The third-order valence-corrected chi connectivity index (χ3v) is 23.7. The predicted octanol–water partition coefficient (Wildman–Crippen LogP) is 31.1. The van der Waals surface area contributed by atoms with Gasteiger partial charge in [0.15, 0.2) is 0 Å². The molecule has 26 aromatic rings. The van der Waals surface area contributed by atoms with Crippen molar-refractivity contribution in [2.24, 2.45) is 0 Å². The van der Waals surface area contributed by atoms with E-state index in [-0.39, 0.29) is 74.5 Å². The predicted molar refractivity (Wildman–Crippen MR) is 470 cm³/mol. The largest absolute Gasteiger partial charge is 0.456 e. The van der Waals surface area contributed by atoms with Crippen LogP contribution in [0.15, 0.2) is 373 Å². The molecule has 0 aliphatic carbocycles. The van der Waals surface area contributed by atoms with Gasteiger partial charge in [-0.3, -0.25) is 0 Å². The van der Waals surface area contributed by atoms with Gasteiger partial charge in [0.2, 0.25) is 0 Å². The Kier molecular flexibility index (Phi) is 10.1. The highest BCUT2D eigenvalue weighted by molar-refractivity contribution is 6.31. The Morgan fingerprint density at radius 1 is 0.164 bits per heavy atom. The third-order valence-electron chi connectivity index (χ3n) is 23.7. The van der Waals surface area contributed by atoms with Gasteiger partial charge >= 0.3 is 0 Å². The van der Waals surface area contributed by atoms with Crippen LogP contribution in [0.5, 0.6) is 0 Å².